The molecular weight excluding hydrogens is 483 g/mol. The van der Waals surface area contributed by atoms with Gasteiger partial charge in [0.05, 0.1) is 12.9 Å². The molecule has 33 heavy (non-hydrogen) atoms. The molecule has 0 radical (unpaired) electrons. The van der Waals surface area contributed by atoms with Gasteiger partial charge in [-0.2, -0.15) is 0 Å². The number of imidazole rings is 1. The molecule has 180 valence electrons. The van der Waals surface area contributed by atoms with Crippen LogP contribution >= 0.6 is 19.4 Å². The maximum Gasteiger partial charge on any atom is 0.469 e. The number of aliphatic hydroxyl groups is 3. The summed E-state index contributed by atoms with van der Waals surface area (Å²) in [4.78, 5) is 31.9. The summed E-state index contributed by atoms with van der Waals surface area (Å²) in [5, 5.41) is 30.8. The van der Waals surface area contributed by atoms with E-state index in [9.17, 15) is 4.57 Å². The molecule has 14 nitrogen and oxygen atoms in total. The molecule has 4 rings (SSSR count). The maximum absolute atomic E-state index is 10.3. The molecular formula is C17H22ClN6O8P. The second kappa shape index (κ2) is 10.7. The Hall–Kier alpha value is -2.39. The van der Waals surface area contributed by atoms with Gasteiger partial charge in [0.15, 0.2) is 17.8 Å². The number of H-pyrrole nitrogens is 1. The van der Waals surface area contributed by atoms with Crippen LogP contribution in [0.4, 0.5) is 11.5 Å². The first-order valence-corrected chi connectivity index (χ1v) is 11.3. The van der Waals surface area contributed by atoms with Gasteiger partial charge in [-0.05, 0) is 12.1 Å². The van der Waals surface area contributed by atoms with Gasteiger partial charge >= 0.3 is 7.82 Å². The van der Waals surface area contributed by atoms with Crippen LogP contribution in [0, 0.1) is 0 Å². The number of fused-ring (bicyclic) bond motifs is 1. The van der Waals surface area contributed by atoms with Gasteiger partial charge in [0.2, 0.25) is 0 Å². The number of anilines is 2. The predicted molar refractivity (Wildman–Crippen MR) is 116 cm³/mol. The number of aliphatic hydroxyl groups excluding tert-OH is 3. The molecule has 0 bridgehead atoms. The molecule has 1 aliphatic rings. The number of nitrogens with zero attached hydrogens (tertiary/aromatic N) is 3. The summed E-state index contributed by atoms with van der Waals surface area (Å²) in [6.07, 6.45) is -2.63. The average Bonchev–Trinajstić information content (AvgIpc) is 3.33. The fourth-order valence-electron chi connectivity index (χ4n) is 2.87. The van der Waals surface area contributed by atoms with Crippen molar-refractivity contribution in [3.63, 3.8) is 0 Å². The minimum atomic E-state index is -4.64. The highest BCUT2D eigenvalue weighted by molar-refractivity contribution is 7.46. The van der Waals surface area contributed by atoms with E-state index in [1.165, 1.54) is 6.33 Å². The number of nitrogens with one attached hydrogen (secondary N) is 2. The van der Waals surface area contributed by atoms with Crippen molar-refractivity contribution in [3.05, 3.63) is 41.4 Å². The van der Waals surface area contributed by atoms with Crippen LogP contribution < -0.4 is 11.1 Å². The molecule has 0 aliphatic carbocycles. The zero-order valence-corrected chi connectivity index (χ0v) is 18.5. The van der Waals surface area contributed by atoms with Gasteiger partial charge in [-0.15, -0.1) is 0 Å². The van der Waals surface area contributed by atoms with Crippen LogP contribution in [0.2, 0.25) is 5.02 Å². The van der Waals surface area contributed by atoms with E-state index in [0.717, 1.165) is 11.1 Å². The molecule has 0 spiro atoms. The Morgan fingerprint density at radius 2 is 1.97 bits per heavy atom. The van der Waals surface area contributed by atoms with Crippen molar-refractivity contribution in [1.82, 2.24) is 19.9 Å². The molecule has 0 amide bonds. The van der Waals surface area contributed by atoms with Crippen LogP contribution in [0.25, 0.3) is 11.2 Å². The second-order valence-electron chi connectivity index (χ2n) is 6.82. The Morgan fingerprint density at radius 1 is 1.21 bits per heavy atom. The molecule has 0 saturated carbocycles. The molecule has 1 unspecified atom stereocenters. The zero-order chi connectivity index (χ0) is 24.2. The lowest BCUT2D eigenvalue weighted by molar-refractivity contribution is -0.132. The lowest BCUT2D eigenvalue weighted by atomic mass is 10.1. The number of ether oxygens (including phenoxy) is 1. The minimum Gasteiger partial charge on any atom is -0.398 e. The minimum absolute atomic E-state index is 0.483. The summed E-state index contributed by atoms with van der Waals surface area (Å²) in [5.74, 6) is 0.668. The number of hydrogen-bond donors (Lipinski definition) is 8. The number of aromatic amines is 1. The van der Waals surface area contributed by atoms with E-state index in [0.29, 0.717) is 28.7 Å². The lowest BCUT2D eigenvalue weighted by Gasteiger charge is -2.14. The van der Waals surface area contributed by atoms with Crippen LogP contribution in [0.15, 0.2) is 30.9 Å². The number of benzene rings is 1. The summed E-state index contributed by atoms with van der Waals surface area (Å²) < 4.78 is 18.9. The highest BCUT2D eigenvalue weighted by atomic mass is 35.5. The number of phosphoric acid groups is 1. The van der Waals surface area contributed by atoms with E-state index in [4.69, 9.17) is 42.4 Å². The Bertz CT molecular complexity index is 1110. The van der Waals surface area contributed by atoms with Crippen molar-refractivity contribution in [2.45, 2.75) is 31.1 Å². The second-order valence-corrected chi connectivity index (χ2v) is 8.46. The fourth-order valence-corrected chi connectivity index (χ4v) is 3.46. The monoisotopic (exact) mass is 504 g/mol. The third-order valence-corrected chi connectivity index (χ3v) is 5.39. The van der Waals surface area contributed by atoms with Gasteiger partial charge in [0.25, 0.3) is 0 Å². The normalized spacial score (nSPS) is 22.7. The standard InChI is InChI=1S/C12H11ClN6.C5H11O8P/c13-8-2-1-3-9(14)7(8)4-15-11-10-12(17-5-16-10)19-6-18-11;6-3-2(1-12-14(9,10)11)13-5(8)4(3)7/h1-3,5-6H,4,14H2,(H2,15,16,17,18,19);2-8H,1H2,(H2,9,10,11)/t;2-,3-,4-,5?/m.1/s1. The molecule has 1 aliphatic heterocycles. The average molecular weight is 505 g/mol. The van der Waals surface area contributed by atoms with Gasteiger partial charge in [-0.1, -0.05) is 17.7 Å². The summed E-state index contributed by atoms with van der Waals surface area (Å²) in [6.45, 7) is -0.129. The summed E-state index contributed by atoms with van der Waals surface area (Å²) in [5.41, 5.74) is 8.76. The maximum atomic E-state index is 10.3. The van der Waals surface area contributed by atoms with Crippen LogP contribution in [0.5, 0.6) is 0 Å². The van der Waals surface area contributed by atoms with Gasteiger partial charge < -0.3 is 45.9 Å². The smallest absolute Gasteiger partial charge is 0.398 e. The summed E-state index contributed by atoms with van der Waals surface area (Å²) >= 11 is 6.12. The Morgan fingerprint density at radius 3 is 2.61 bits per heavy atom. The highest BCUT2D eigenvalue weighted by Gasteiger charge is 2.42. The SMILES string of the molecule is Nc1cccc(Cl)c1CNc1ncnc2nc[nH]c12.O=P(O)(O)OC[C@H]1OC(O)[C@H](O)[C@@H]1O. The van der Waals surface area contributed by atoms with Crippen molar-refractivity contribution in [3.8, 4) is 0 Å². The van der Waals surface area contributed by atoms with Crippen molar-refractivity contribution in [2.75, 3.05) is 17.7 Å². The molecule has 4 atom stereocenters. The number of halogens is 1. The summed E-state index contributed by atoms with van der Waals surface area (Å²) in [7, 11) is -4.64. The lowest BCUT2D eigenvalue weighted by Crippen LogP contribution is -2.34. The molecule has 3 aromatic rings. The van der Waals surface area contributed by atoms with E-state index in [-0.39, 0.29) is 0 Å². The van der Waals surface area contributed by atoms with E-state index >= 15 is 0 Å². The van der Waals surface area contributed by atoms with Gasteiger partial charge in [-0.3, -0.25) is 4.52 Å². The first-order valence-electron chi connectivity index (χ1n) is 9.37. The van der Waals surface area contributed by atoms with Gasteiger partial charge in [0, 0.05) is 22.8 Å². The Kier molecular flexibility index (Phi) is 8.18. The third-order valence-electron chi connectivity index (χ3n) is 4.55. The Balaban J connectivity index is 0.000000196. The van der Waals surface area contributed by atoms with Gasteiger partial charge in [-0.25, -0.2) is 19.5 Å². The van der Waals surface area contributed by atoms with Crippen LogP contribution in [0.3, 0.4) is 0 Å². The summed E-state index contributed by atoms with van der Waals surface area (Å²) in [6, 6.07) is 5.44. The van der Waals surface area contributed by atoms with E-state index in [2.05, 4.69) is 34.5 Å². The number of hydrogen-bond acceptors (Lipinski definition) is 11. The topological polar surface area (TPSA) is 229 Å². The number of rotatable bonds is 6. The number of nitrogen functional groups attached to an aromatic ring is 1. The van der Waals surface area contributed by atoms with Crippen molar-refractivity contribution >= 4 is 42.1 Å². The largest absolute Gasteiger partial charge is 0.469 e. The molecule has 16 heteroatoms. The number of nitrogens with two attached hydrogens (primary N) is 1. The molecule has 1 saturated heterocycles. The third kappa shape index (κ3) is 6.57. The van der Waals surface area contributed by atoms with E-state index < -0.39 is 39.0 Å². The fraction of sp³-hybridized carbons (Fsp3) is 0.353. The van der Waals surface area contributed by atoms with Crippen LogP contribution in [0.1, 0.15) is 5.56 Å². The molecule has 9 N–H and O–H groups in total. The van der Waals surface area contributed by atoms with Crippen molar-refractivity contribution < 1.29 is 38.9 Å². The quantitative estimate of drug-likeness (QED) is 0.160. The van der Waals surface area contributed by atoms with Crippen LogP contribution in [-0.4, -0.2) is 76.3 Å². The van der Waals surface area contributed by atoms with Crippen molar-refractivity contribution in [2.24, 2.45) is 0 Å². The van der Waals surface area contributed by atoms with Crippen LogP contribution in [-0.2, 0) is 20.4 Å². The number of aromatic nitrogens is 4. The first-order chi connectivity index (χ1) is 15.6. The van der Waals surface area contributed by atoms with Gasteiger partial charge in [0.1, 0.15) is 30.2 Å². The molecule has 3 heterocycles. The molecule has 1 fully saturated rings. The zero-order valence-electron chi connectivity index (χ0n) is 16.8. The van der Waals surface area contributed by atoms with E-state index in [1.807, 2.05) is 12.1 Å². The van der Waals surface area contributed by atoms with Crippen molar-refractivity contribution in [1.29, 1.82) is 0 Å². The molecule has 2 aromatic heterocycles. The highest BCUT2D eigenvalue weighted by Crippen LogP contribution is 2.37. The first kappa shape index (κ1) is 25.2. The molecule has 1 aromatic carbocycles. The number of phosphoric ester groups is 1. The Labute approximate surface area is 191 Å². The van der Waals surface area contributed by atoms with E-state index in [1.54, 1.807) is 12.4 Å². The predicted octanol–water partition coefficient (Wildman–Crippen LogP) is -0.265.